The summed E-state index contributed by atoms with van der Waals surface area (Å²) in [7, 11) is 1.35. The number of aromatic nitrogens is 2. The minimum absolute atomic E-state index is 0.389. The molecule has 0 fully saturated rings. The molecule has 21 heavy (non-hydrogen) atoms. The number of hydrogen-bond acceptors (Lipinski definition) is 4. The van der Waals surface area contributed by atoms with Crippen LogP contribution >= 0.6 is 0 Å². The summed E-state index contributed by atoms with van der Waals surface area (Å²) in [5.41, 5.74) is 2.60. The highest BCUT2D eigenvalue weighted by Gasteiger charge is 2.13. The first-order valence-corrected chi connectivity index (χ1v) is 6.30. The molecule has 1 heterocycles. The lowest BCUT2D eigenvalue weighted by Crippen LogP contribution is -2.00. The number of esters is 1. The molecular weight excluding hydrogens is 266 g/mol. The van der Waals surface area contributed by atoms with Gasteiger partial charge in [0, 0.05) is 11.6 Å². The molecule has 3 rings (SSSR count). The summed E-state index contributed by atoms with van der Waals surface area (Å²) in [6.07, 6.45) is 1.78. The van der Waals surface area contributed by atoms with Gasteiger partial charge in [0.15, 0.2) is 0 Å². The second kappa shape index (κ2) is 5.10. The van der Waals surface area contributed by atoms with Crippen LogP contribution in [-0.2, 0) is 4.74 Å². The molecular formula is C16H11N3O2. The van der Waals surface area contributed by atoms with Crippen LogP contribution in [0.2, 0.25) is 0 Å². The lowest BCUT2D eigenvalue weighted by molar-refractivity contribution is 0.0603. The van der Waals surface area contributed by atoms with E-state index in [-0.39, 0.29) is 5.97 Å². The molecule has 0 spiro atoms. The number of methoxy groups -OCH3 is 1. The van der Waals surface area contributed by atoms with Gasteiger partial charge in [-0.3, -0.25) is 0 Å². The molecule has 0 aliphatic heterocycles. The first kappa shape index (κ1) is 12.9. The zero-order valence-electron chi connectivity index (χ0n) is 11.3. The van der Waals surface area contributed by atoms with Gasteiger partial charge in [-0.1, -0.05) is 6.07 Å². The summed E-state index contributed by atoms with van der Waals surface area (Å²) >= 11 is 0. The van der Waals surface area contributed by atoms with E-state index in [4.69, 9.17) is 10.00 Å². The molecule has 0 saturated carbocycles. The highest BCUT2D eigenvalue weighted by Crippen LogP contribution is 2.20. The number of nitrogens with zero attached hydrogens (tertiary/aromatic N) is 3. The van der Waals surface area contributed by atoms with Crippen LogP contribution in [0.1, 0.15) is 15.9 Å². The maximum atomic E-state index is 11.8. The minimum atomic E-state index is -0.389. The van der Waals surface area contributed by atoms with Gasteiger partial charge >= 0.3 is 5.97 Å². The molecule has 0 N–H and O–H groups in total. The number of benzene rings is 2. The first-order chi connectivity index (χ1) is 10.2. The number of fused-ring (bicyclic) bond motifs is 1. The van der Waals surface area contributed by atoms with Crippen molar-refractivity contribution in [2.45, 2.75) is 0 Å². The van der Waals surface area contributed by atoms with Crippen LogP contribution in [0.15, 0.2) is 48.7 Å². The van der Waals surface area contributed by atoms with Crippen LogP contribution in [0.5, 0.6) is 0 Å². The molecule has 0 saturated heterocycles. The second-order valence-electron chi connectivity index (χ2n) is 4.46. The van der Waals surface area contributed by atoms with Crippen LogP contribution in [0.25, 0.3) is 16.6 Å². The van der Waals surface area contributed by atoms with Crippen molar-refractivity contribution in [3.05, 3.63) is 59.8 Å². The number of carbonyl (C=O) groups is 1. The predicted octanol–water partition coefficient (Wildman–Crippen LogP) is 2.68. The summed E-state index contributed by atoms with van der Waals surface area (Å²) in [5.74, 6) is -0.389. The molecule has 5 heteroatoms. The van der Waals surface area contributed by atoms with Crippen LogP contribution in [-0.4, -0.2) is 22.9 Å². The van der Waals surface area contributed by atoms with E-state index >= 15 is 0 Å². The second-order valence-corrected chi connectivity index (χ2v) is 4.46. The third-order valence-corrected chi connectivity index (χ3v) is 3.22. The number of ether oxygens (including phenoxy) is 1. The first-order valence-electron chi connectivity index (χ1n) is 6.30. The third kappa shape index (κ3) is 2.23. The van der Waals surface area contributed by atoms with Crippen molar-refractivity contribution in [2.24, 2.45) is 0 Å². The van der Waals surface area contributed by atoms with E-state index in [1.165, 1.54) is 7.11 Å². The molecule has 0 atom stereocenters. The fourth-order valence-electron chi connectivity index (χ4n) is 2.15. The summed E-state index contributed by atoms with van der Waals surface area (Å²) in [5, 5.41) is 14.0. The standard InChI is InChI=1S/C16H11N3O2/c1-21-16(20)13-3-2-4-15-14(13)10-19(18-15)12-7-5-11(9-17)6-8-12/h2-8,10H,1H3. The van der Waals surface area contributed by atoms with Gasteiger partial charge in [0.2, 0.25) is 0 Å². The average molecular weight is 277 g/mol. The Labute approximate surface area is 121 Å². The van der Waals surface area contributed by atoms with Crippen LogP contribution in [0.4, 0.5) is 0 Å². The van der Waals surface area contributed by atoms with E-state index in [0.717, 1.165) is 11.1 Å². The Morgan fingerprint density at radius 2 is 2.00 bits per heavy atom. The van der Waals surface area contributed by atoms with Gasteiger partial charge in [0.05, 0.1) is 35.5 Å². The van der Waals surface area contributed by atoms with Crippen molar-refractivity contribution in [1.82, 2.24) is 9.78 Å². The predicted molar refractivity (Wildman–Crippen MR) is 77.1 cm³/mol. The Balaban J connectivity index is 2.12. The molecule has 102 valence electrons. The topological polar surface area (TPSA) is 67.9 Å². The zero-order valence-corrected chi connectivity index (χ0v) is 11.3. The highest BCUT2D eigenvalue weighted by atomic mass is 16.5. The number of carbonyl (C=O) groups excluding carboxylic acids is 1. The maximum absolute atomic E-state index is 11.8. The van der Waals surface area contributed by atoms with E-state index in [1.807, 2.05) is 18.2 Å². The minimum Gasteiger partial charge on any atom is -0.465 e. The Kier molecular flexibility index (Phi) is 3.13. The molecule has 0 aliphatic rings. The van der Waals surface area contributed by atoms with Crippen molar-refractivity contribution in [3.63, 3.8) is 0 Å². The number of nitriles is 1. The van der Waals surface area contributed by atoms with Gasteiger partial charge in [-0.25, -0.2) is 9.48 Å². The van der Waals surface area contributed by atoms with Gasteiger partial charge in [-0.2, -0.15) is 10.4 Å². The molecule has 0 amide bonds. The Hall–Kier alpha value is -3.13. The van der Waals surface area contributed by atoms with E-state index in [9.17, 15) is 4.79 Å². The van der Waals surface area contributed by atoms with Crippen molar-refractivity contribution in [1.29, 1.82) is 5.26 Å². The molecule has 3 aromatic rings. The summed E-state index contributed by atoms with van der Waals surface area (Å²) in [6.45, 7) is 0. The fraction of sp³-hybridized carbons (Fsp3) is 0.0625. The molecule has 1 aromatic heterocycles. The zero-order chi connectivity index (χ0) is 14.8. The number of hydrogen-bond donors (Lipinski definition) is 0. The maximum Gasteiger partial charge on any atom is 0.338 e. The van der Waals surface area contributed by atoms with Crippen LogP contribution in [0.3, 0.4) is 0 Å². The Morgan fingerprint density at radius 1 is 1.24 bits per heavy atom. The quantitative estimate of drug-likeness (QED) is 0.675. The highest BCUT2D eigenvalue weighted by molar-refractivity contribution is 6.03. The van der Waals surface area contributed by atoms with Crippen LogP contribution < -0.4 is 0 Å². The Bertz CT molecular complexity index is 857. The molecule has 0 bridgehead atoms. The van der Waals surface area contributed by atoms with E-state index in [0.29, 0.717) is 16.6 Å². The normalized spacial score (nSPS) is 10.3. The Morgan fingerprint density at radius 3 is 2.67 bits per heavy atom. The molecule has 0 radical (unpaired) electrons. The van der Waals surface area contributed by atoms with Crippen LogP contribution in [0, 0.1) is 11.3 Å². The van der Waals surface area contributed by atoms with E-state index in [2.05, 4.69) is 11.2 Å². The van der Waals surface area contributed by atoms with Crippen molar-refractivity contribution in [3.8, 4) is 11.8 Å². The van der Waals surface area contributed by atoms with E-state index in [1.54, 1.807) is 35.1 Å². The molecule has 0 aliphatic carbocycles. The summed E-state index contributed by atoms with van der Waals surface area (Å²) < 4.78 is 6.46. The molecule has 0 unspecified atom stereocenters. The number of rotatable bonds is 2. The van der Waals surface area contributed by atoms with Gasteiger partial charge in [0.25, 0.3) is 0 Å². The fourth-order valence-corrected chi connectivity index (χ4v) is 2.15. The average Bonchev–Trinajstić information content (AvgIpc) is 2.98. The van der Waals surface area contributed by atoms with Gasteiger partial charge in [-0.15, -0.1) is 0 Å². The van der Waals surface area contributed by atoms with Crippen molar-refractivity contribution < 1.29 is 9.53 Å². The van der Waals surface area contributed by atoms with Gasteiger partial charge in [0.1, 0.15) is 0 Å². The smallest absolute Gasteiger partial charge is 0.338 e. The molecule has 5 nitrogen and oxygen atoms in total. The monoisotopic (exact) mass is 277 g/mol. The van der Waals surface area contributed by atoms with Gasteiger partial charge in [-0.05, 0) is 36.4 Å². The lowest BCUT2D eigenvalue weighted by Gasteiger charge is -2.00. The van der Waals surface area contributed by atoms with Crippen molar-refractivity contribution in [2.75, 3.05) is 7.11 Å². The lowest BCUT2D eigenvalue weighted by atomic mass is 10.1. The summed E-state index contributed by atoms with van der Waals surface area (Å²) in [4.78, 5) is 11.8. The SMILES string of the molecule is COC(=O)c1cccc2nn(-c3ccc(C#N)cc3)cc12. The van der Waals surface area contributed by atoms with Gasteiger partial charge < -0.3 is 4.74 Å². The molecule has 2 aromatic carbocycles. The van der Waals surface area contributed by atoms with E-state index < -0.39 is 0 Å². The largest absolute Gasteiger partial charge is 0.465 e. The summed E-state index contributed by atoms with van der Waals surface area (Å²) in [6, 6.07) is 14.4. The third-order valence-electron chi connectivity index (χ3n) is 3.22. The van der Waals surface area contributed by atoms with Crippen molar-refractivity contribution >= 4 is 16.9 Å².